The van der Waals surface area contributed by atoms with Gasteiger partial charge in [0.2, 0.25) is 5.91 Å². The molecule has 6 heteroatoms. The van der Waals surface area contributed by atoms with Crippen LogP contribution in [0.2, 0.25) is 0 Å². The van der Waals surface area contributed by atoms with Gasteiger partial charge in [0, 0.05) is 11.4 Å². The Morgan fingerprint density at radius 1 is 1.71 bits per heavy atom. The number of amides is 1. The summed E-state index contributed by atoms with van der Waals surface area (Å²) < 4.78 is 0. The molecule has 1 aliphatic rings. The smallest absolute Gasteiger partial charge is 0.234 e. The zero-order chi connectivity index (χ0) is 12.3. The fourth-order valence-electron chi connectivity index (χ4n) is 1.83. The molecular formula is C11H13N3OS2. The molecule has 0 fully saturated rings. The van der Waals surface area contributed by atoms with Crippen molar-refractivity contribution in [3.63, 3.8) is 0 Å². The fourth-order valence-corrected chi connectivity index (χ4v) is 3.35. The summed E-state index contributed by atoms with van der Waals surface area (Å²) in [6, 6.07) is 2.21. The second-order valence-electron chi connectivity index (χ2n) is 3.73. The van der Waals surface area contributed by atoms with Crippen LogP contribution >= 0.6 is 23.1 Å². The Hall–Kier alpha value is -1.03. The van der Waals surface area contributed by atoms with Crippen LogP contribution in [0.1, 0.15) is 16.0 Å². The van der Waals surface area contributed by atoms with Gasteiger partial charge in [-0.2, -0.15) is 17.0 Å². The van der Waals surface area contributed by atoms with E-state index in [4.69, 9.17) is 0 Å². The van der Waals surface area contributed by atoms with Gasteiger partial charge >= 0.3 is 0 Å². The molecule has 0 atom stereocenters. The molecule has 2 rings (SSSR count). The maximum Gasteiger partial charge on any atom is 0.234 e. The standard InChI is InChI=1S/C11H13N3OS2/c1-16-6-10(15)14-11-8(4-12)7-2-3-13-5-9(7)17-11/h13H,2-3,5-6H2,1H3,(H,14,15). The number of fused-ring (bicyclic) bond motifs is 1. The van der Waals surface area contributed by atoms with Crippen molar-refractivity contribution in [3.05, 3.63) is 16.0 Å². The van der Waals surface area contributed by atoms with Crippen molar-refractivity contribution >= 4 is 34.0 Å². The van der Waals surface area contributed by atoms with E-state index in [0.717, 1.165) is 25.1 Å². The normalized spacial score (nSPS) is 13.9. The molecule has 0 aliphatic carbocycles. The molecule has 90 valence electrons. The Labute approximate surface area is 108 Å². The maximum atomic E-state index is 11.5. The van der Waals surface area contributed by atoms with Crippen molar-refractivity contribution in [1.29, 1.82) is 5.26 Å². The minimum absolute atomic E-state index is 0.0412. The van der Waals surface area contributed by atoms with Crippen molar-refractivity contribution in [3.8, 4) is 6.07 Å². The van der Waals surface area contributed by atoms with Gasteiger partial charge in [-0.1, -0.05) is 0 Å². The predicted molar refractivity (Wildman–Crippen MR) is 71.5 cm³/mol. The van der Waals surface area contributed by atoms with Crippen LogP contribution in [0.4, 0.5) is 5.00 Å². The molecule has 1 aromatic heterocycles. The molecule has 17 heavy (non-hydrogen) atoms. The summed E-state index contributed by atoms with van der Waals surface area (Å²) in [4.78, 5) is 12.7. The molecule has 0 saturated heterocycles. The molecule has 0 radical (unpaired) electrons. The highest BCUT2D eigenvalue weighted by Crippen LogP contribution is 2.34. The third-order valence-corrected chi connectivity index (χ3v) is 4.27. The molecule has 0 bridgehead atoms. The van der Waals surface area contributed by atoms with Crippen molar-refractivity contribution in [1.82, 2.24) is 5.32 Å². The zero-order valence-electron chi connectivity index (χ0n) is 9.50. The lowest BCUT2D eigenvalue weighted by atomic mass is 10.1. The third kappa shape index (κ3) is 2.63. The fraction of sp³-hybridized carbons (Fsp3) is 0.455. The first-order valence-electron chi connectivity index (χ1n) is 5.30. The monoisotopic (exact) mass is 267 g/mol. The van der Waals surface area contributed by atoms with Crippen LogP contribution in [0.5, 0.6) is 0 Å². The van der Waals surface area contributed by atoms with Crippen molar-refractivity contribution in [2.24, 2.45) is 0 Å². The molecule has 0 spiro atoms. The number of nitrogens with one attached hydrogen (secondary N) is 2. The highest BCUT2D eigenvalue weighted by molar-refractivity contribution is 7.99. The topological polar surface area (TPSA) is 64.9 Å². The highest BCUT2D eigenvalue weighted by atomic mass is 32.2. The second-order valence-corrected chi connectivity index (χ2v) is 5.70. The van der Waals surface area contributed by atoms with Crippen LogP contribution < -0.4 is 10.6 Å². The quantitative estimate of drug-likeness (QED) is 0.872. The van der Waals surface area contributed by atoms with E-state index in [1.54, 1.807) is 0 Å². The SMILES string of the molecule is CSCC(=O)Nc1sc2c(c1C#N)CCNC2. The third-order valence-electron chi connectivity index (χ3n) is 2.57. The van der Waals surface area contributed by atoms with Gasteiger partial charge in [-0.15, -0.1) is 11.3 Å². The Morgan fingerprint density at radius 2 is 2.53 bits per heavy atom. The maximum absolute atomic E-state index is 11.5. The lowest BCUT2D eigenvalue weighted by molar-refractivity contribution is -0.113. The minimum Gasteiger partial charge on any atom is -0.316 e. The number of nitrogens with zero attached hydrogens (tertiary/aromatic N) is 1. The molecule has 1 aromatic rings. The van der Waals surface area contributed by atoms with Gasteiger partial charge in [-0.05, 0) is 24.8 Å². The highest BCUT2D eigenvalue weighted by Gasteiger charge is 2.21. The number of thiophene rings is 1. The van der Waals surface area contributed by atoms with Gasteiger partial charge < -0.3 is 10.6 Å². The summed E-state index contributed by atoms with van der Waals surface area (Å²) >= 11 is 2.99. The summed E-state index contributed by atoms with van der Waals surface area (Å²) in [5.41, 5.74) is 1.76. The molecular weight excluding hydrogens is 254 g/mol. The molecule has 1 amide bonds. The van der Waals surface area contributed by atoms with E-state index in [2.05, 4.69) is 16.7 Å². The van der Waals surface area contributed by atoms with Crippen LogP contribution in [-0.2, 0) is 17.8 Å². The lowest BCUT2D eigenvalue weighted by Crippen LogP contribution is -2.22. The summed E-state index contributed by atoms with van der Waals surface area (Å²) in [6.07, 6.45) is 2.75. The van der Waals surface area contributed by atoms with Crippen LogP contribution in [0.25, 0.3) is 0 Å². The van der Waals surface area contributed by atoms with Crippen LogP contribution in [0.15, 0.2) is 0 Å². The van der Waals surface area contributed by atoms with Crippen LogP contribution in [0.3, 0.4) is 0 Å². The second kappa shape index (κ2) is 5.54. The number of rotatable bonds is 3. The number of carbonyl (C=O) groups is 1. The van der Waals surface area contributed by atoms with Crippen molar-refractivity contribution in [2.75, 3.05) is 23.9 Å². The summed E-state index contributed by atoms with van der Waals surface area (Å²) in [5, 5.41) is 16.0. The minimum atomic E-state index is -0.0412. The van der Waals surface area contributed by atoms with E-state index < -0.39 is 0 Å². The lowest BCUT2D eigenvalue weighted by Gasteiger charge is -2.11. The zero-order valence-corrected chi connectivity index (χ0v) is 11.1. The van der Waals surface area contributed by atoms with E-state index in [1.165, 1.54) is 28.0 Å². The molecule has 4 nitrogen and oxygen atoms in total. The summed E-state index contributed by atoms with van der Waals surface area (Å²) in [7, 11) is 0. The average molecular weight is 267 g/mol. The largest absolute Gasteiger partial charge is 0.316 e. The van der Waals surface area contributed by atoms with E-state index in [9.17, 15) is 10.1 Å². The van der Waals surface area contributed by atoms with E-state index in [-0.39, 0.29) is 5.91 Å². The Kier molecular flexibility index (Phi) is 4.05. The first-order chi connectivity index (χ1) is 8.26. The van der Waals surface area contributed by atoms with E-state index >= 15 is 0 Å². The van der Waals surface area contributed by atoms with Gasteiger partial charge in [-0.3, -0.25) is 4.79 Å². The molecule has 2 N–H and O–H groups in total. The molecule has 0 saturated carbocycles. The van der Waals surface area contributed by atoms with Gasteiger partial charge in [-0.25, -0.2) is 0 Å². The van der Waals surface area contributed by atoms with Gasteiger partial charge in [0.05, 0.1) is 11.3 Å². The molecule has 0 aromatic carbocycles. The predicted octanol–water partition coefficient (Wildman–Crippen LogP) is 1.57. The number of hydrogen-bond donors (Lipinski definition) is 2. The van der Waals surface area contributed by atoms with Gasteiger partial charge in [0.25, 0.3) is 0 Å². The van der Waals surface area contributed by atoms with Gasteiger partial charge in [0.1, 0.15) is 11.1 Å². The van der Waals surface area contributed by atoms with Gasteiger partial charge in [0.15, 0.2) is 0 Å². The number of hydrogen-bond acceptors (Lipinski definition) is 5. The number of thioether (sulfide) groups is 1. The van der Waals surface area contributed by atoms with Crippen molar-refractivity contribution in [2.45, 2.75) is 13.0 Å². The number of carbonyl (C=O) groups excluding carboxylic acids is 1. The average Bonchev–Trinajstić information content (AvgIpc) is 2.66. The first kappa shape index (κ1) is 12.4. The van der Waals surface area contributed by atoms with E-state index in [0.29, 0.717) is 16.3 Å². The number of nitriles is 1. The molecule has 1 aliphatic heterocycles. The summed E-state index contributed by atoms with van der Waals surface area (Å²) in [5.74, 6) is 0.381. The number of anilines is 1. The Balaban J connectivity index is 2.25. The molecule has 0 unspecified atom stereocenters. The Bertz CT molecular complexity index is 476. The first-order valence-corrected chi connectivity index (χ1v) is 7.51. The molecule has 2 heterocycles. The van der Waals surface area contributed by atoms with Crippen molar-refractivity contribution < 1.29 is 4.79 Å². The Morgan fingerprint density at radius 3 is 3.24 bits per heavy atom. The van der Waals surface area contributed by atoms with Crippen LogP contribution in [-0.4, -0.2) is 24.5 Å². The van der Waals surface area contributed by atoms with Crippen LogP contribution in [0, 0.1) is 11.3 Å². The summed E-state index contributed by atoms with van der Waals surface area (Å²) in [6.45, 7) is 1.70. The van der Waals surface area contributed by atoms with E-state index in [1.807, 2.05) is 6.26 Å².